The van der Waals surface area contributed by atoms with Crippen LogP contribution in [0.4, 0.5) is 4.79 Å². The molecule has 1 fully saturated rings. The van der Waals surface area contributed by atoms with Gasteiger partial charge in [0.2, 0.25) is 0 Å². The summed E-state index contributed by atoms with van der Waals surface area (Å²) >= 11 is 0. The third kappa shape index (κ3) is 6.42. The van der Waals surface area contributed by atoms with E-state index in [-0.39, 0.29) is 18.2 Å². The molecule has 0 spiro atoms. The van der Waals surface area contributed by atoms with Crippen molar-refractivity contribution < 1.29 is 28.5 Å². The van der Waals surface area contributed by atoms with E-state index in [9.17, 15) is 9.59 Å². The van der Waals surface area contributed by atoms with Gasteiger partial charge in [-0.05, 0) is 74.2 Å². The molecule has 2 aromatic carbocycles. The normalized spacial score (nSPS) is 18.1. The van der Waals surface area contributed by atoms with E-state index < -0.39 is 11.6 Å². The molecule has 0 radical (unpaired) electrons. The summed E-state index contributed by atoms with van der Waals surface area (Å²) in [4.78, 5) is 27.5. The monoisotopic (exact) mass is 481 g/mol. The number of hydrogen-bond acceptors (Lipinski definition) is 6. The van der Waals surface area contributed by atoms with Crippen LogP contribution in [-0.2, 0) is 14.2 Å². The van der Waals surface area contributed by atoms with Gasteiger partial charge in [-0.3, -0.25) is 0 Å². The van der Waals surface area contributed by atoms with Gasteiger partial charge in [0.05, 0.1) is 31.4 Å². The molecule has 188 valence electrons. The molecule has 0 N–H and O–H groups in total. The van der Waals surface area contributed by atoms with Crippen LogP contribution < -0.4 is 4.74 Å². The van der Waals surface area contributed by atoms with Crippen molar-refractivity contribution in [2.24, 2.45) is 0 Å². The molecular formula is C28H35NO6. The molecular weight excluding hydrogens is 446 g/mol. The highest BCUT2D eigenvalue weighted by Crippen LogP contribution is 2.39. The lowest BCUT2D eigenvalue weighted by Crippen LogP contribution is -2.45. The smallest absolute Gasteiger partial charge is 0.410 e. The zero-order valence-electron chi connectivity index (χ0n) is 21.0. The zero-order chi connectivity index (χ0) is 25.6. The summed E-state index contributed by atoms with van der Waals surface area (Å²) in [6.07, 6.45) is 4.23. The highest BCUT2D eigenvalue weighted by molar-refractivity contribution is 6.06. The molecule has 2 aromatic rings. The van der Waals surface area contributed by atoms with Gasteiger partial charge < -0.3 is 23.8 Å². The van der Waals surface area contributed by atoms with E-state index in [1.807, 2.05) is 45.0 Å². The average molecular weight is 482 g/mol. The molecule has 7 heteroatoms. The number of methoxy groups -OCH3 is 1. The number of benzene rings is 2. The van der Waals surface area contributed by atoms with Crippen molar-refractivity contribution in [3.05, 3.63) is 66.8 Å². The van der Waals surface area contributed by atoms with Crippen molar-refractivity contribution in [3.63, 3.8) is 0 Å². The van der Waals surface area contributed by atoms with Crippen molar-refractivity contribution in [1.82, 2.24) is 4.90 Å². The van der Waals surface area contributed by atoms with E-state index in [1.54, 1.807) is 23.1 Å². The minimum Gasteiger partial charge on any atom is -0.490 e. The van der Waals surface area contributed by atoms with Crippen molar-refractivity contribution in [1.29, 1.82) is 0 Å². The SMILES string of the molecule is C=CCOc1ccc2c(C(=O)OC)ccc([C@@H]3C[C@@H](OCC=C)CCN3C(=O)OC(C)(C)C)c2c1. The van der Waals surface area contributed by atoms with Crippen LogP contribution in [0.25, 0.3) is 10.8 Å². The number of ether oxygens (including phenoxy) is 4. The summed E-state index contributed by atoms with van der Waals surface area (Å²) in [7, 11) is 1.36. The largest absolute Gasteiger partial charge is 0.490 e. The molecule has 2 atom stereocenters. The maximum atomic E-state index is 13.2. The molecule has 3 rings (SSSR count). The average Bonchev–Trinajstić information content (AvgIpc) is 2.83. The Kier molecular flexibility index (Phi) is 8.57. The molecule has 0 saturated carbocycles. The molecule has 1 saturated heterocycles. The third-order valence-corrected chi connectivity index (χ3v) is 5.79. The highest BCUT2D eigenvalue weighted by Gasteiger charge is 2.36. The molecule has 0 aliphatic carbocycles. The minimum atomic E-state index is -0.625. The number of amides is 1. The van der Waals surface area contributed by atoms with Gasteiger partial charge in [-0.25, -0.2) is 9.59 Å². The van der Waals surface area contributed by atoms with Gasteiger partial charge in [0.15, 0.2) is 0 Å². The van der Waals surface area contributed by atoms with E-state index >= 15 is 0 Å². The number of nitrogens with zero attached hydrogens (tertiary/aromatic N) is 1. The number of carbonyl (C=O) groups is 2. The van der Waals surface area contributed by atoms with E-state index in [0.29, 0.717) is 43.9 Å². The number of esters is 1. The Morgan fingerprint density at radius 1 is 1.09 bits per heavy atom. The molecule has 0 aromatic heterocycles. The molecule has 7 nitrogen and oxygen atoms in total. The second-order valence-corrected chi connectivity index (χ2v) is 9.46. The van der Waals surface area contributed by atoms with Gasteiger partial charge in [-0.1, -0.05) is 24.8 Å². The standard InChI is InChI=1S/C28H35NO6/c1-7-15-33-19-9-10-21-23(26(30)32-6)12-11-22(24(21)17-19)25-18-20(34-16-8-2)13-14-29(25)27(31)35-28(3,4)5/h7-12,17,20,25H,1-2,13-16,18H2,3-6H3/t20-,25-/m0/s1. The predicted octanol–water partition coefficient (Wildman–Crippen LogP) is 5.83. The van der Waals surface area contributed by atoms with Gasteiger partial charge in [-0.15, -0.1) is 6.58 Å². The summed E-state index contributed by atoms with van der Waals surface area (Å²) < 4.78 is 22.5. The summed E-state index contributed by atoms with van der Waals surface area (Å²) in [6, 6.07) is 8.85. The first-order valence-electron chi connectivity index (χ1n) is 11.8. The number of rotatable bonds is 8. The van der Waals surface area contributed by atoms with Crippen molar-refractivity contribution in [3.8, 4) is 5.75 Å². The first kappa shape index (κ1) is 26.3. The van der Waals surface area contributed by atoms with Crippen LogP contribution in [0.2, 0.25) is 0 Å². The van der Waals surface area contributed by atoms with Gasteiger partial charge in [0.25, 0.3) is 0 Å². The number of hydrogen-bond donors (Lipinski definition) is 0. The second kappa shape index (κ2) is 11.4. The van der Waals surface area contributed by atoms with Gasteiger partial charge >= 0.3 is 12.1 Å². The Morgan fingerprint density at radius 2 is 1.83 bits per heavy atom. The quantitative estimate of drug-likeness (QED) is 0.349. The van der Waals surface area contributed by atoms with Crippen LogP contribution in [-0.4, -0.2) is 55.5 Å². The lowest BCUT2D eigenvalue weighted by Gasteiger charge is -2.40. The summed E-state index contributed by atoms with van der Waals surface area (Å²) in [5, 5.41) is 1.52. The Balaban J connectivity index is 2.13. The molecule has 0 unspecified atom stereocenters. The van der Waals surface area contributed by atoms with E-state index in [2.05, 4.69) is 13.2 Å². The maximum Gasteiger partial charge on any atom is 0.410 e. The highest BCUT2D eigenvalue weighted by atomic mass is 16.6. The number of fused-ring (bicyclic) bond motifs is 1. The van der Waals surface area contributed by atoms with Crippen LogP contribution in [0.1, 0.15) is 55.6 Å². The molecule has 1 aliphatic heterocycles. The topological polar surface area (TPSA) is 74.3 Å². The van der Waals surface area contributed by atoms with Gasteiger partial charge in [0, 0.05) is 6.54 Å². The minimum absolute atomic E-state index is 0.0489. The fraction of sp³-hybridized carbons (Fsp3) is 0.429. The summed E-state index contributed by atoms with van der Waals surface area (Å²) in [5.74, 6) is 0.209. The Morgan fingerprint density at radius 3 is 2.49 bits per heavy atom. The van der Waals surface area contributed by atoms with Crippen LogP contribution in [0, 0.1) is 0 Å². The van der Waals surface area contributed by atoms with E-state index in [4.69, 9.17) is 18.9 Å². The van der Waals surface area contributed by atoms with Gasteiger partial charge in [0.1, 0.15) is 18.0 Å². The Bertz CT molecular complexity index is 1090. The number of piperidine rings is 1. The van der Waals surface area contributed by atoms with Crippen LogP contribution in [0.5, 0.6) is 5.75 Å². The second-order valence-electron chi connectivity index (χ2n) is 9.46. The lowest BCUT2D eigenvalue weighted by atomic mass is 9.88. The molecule has 1 heterocycles. The number of likely N-dealkylation sites (tertiary alicyclic amines) is 1. The molecule has 1 amide bonds. The lowest BCUT2D eigenvalue weighted by molar-refractivity contribution is -0.0251. The third-order valence-electron chi connectivity index (χ3n) is 5.79. The van der Waals surface area contributed by atoms with E-state index in [1.165, 1.54) is 7.11 Å². The summed E-state index contributed by atoms with van der Waals surface area (Å²) in [5.41, 5.74) is 0.704. The molecule has 1 aliphatic rings. The maximum absolute atomic E-state index is 13.2. The van der Waals surface area contributed by atoms with Crippen LogP contribution in [0.15, 0.2) is 55.6 Å². The van der Waals surface area contributed by atoms with Gasteiger partial charge in [-0.2, -0.15) is 0 Å². The molecule has 0 bridgehead atoms. The van der Waals surface area contributed by atoms with Crippen LogP contribution >= 0.6 is 0 Å². The summed E-state index contributed by atoms with van der Waals surface area (Å²) in [6.45, 7) is 14.3. The van der Waals surface area contributed by atoms with Crippen molar-refractivity contribution in [2.75, 3.05) is 26.9 Å². The Hall–Kier alpha value is -3.32. The number of carbonyl (C=O) groups excluding carboxylic acids is 2. The fourth-order valence-electron chi connectivity index (χ4n) is 4.30. The zero-order valence-corrected chi connectivity index (χ0v) is 21.0. The first-order valence-corrected chi connectivity index (χ1v) is 11.8. The Labute approximate surface area is 207 Å². The first-order chi connectivity index (χ1) is 16.7. The predicted molar refractivity (Wildman–Crippen MR) is 136 cm³/mol. The van der Waals surface area contributed by atoms with Crippen molar-refractivity contribution >= 4 is 22.8 Å². The van der Waals surface area contributed by atoms with Crippen molar-refractivity contribution in [2.45, 2.75) is 51.4 Å². The van der Waals surface area contributed by atoms with Crippen LogP contribution in [0.3, 0.4) is 0 Å². The molecule has 35 heavy (non-hydrogen) atoms. The van der Waals surface area contributed by atoms with E-state index in [0.717, 1.165) is 16.3 Å². The fourth-order valence-corrected chi connectivity index (χ4v) is 4.30.